The van der Waals surface area contributed by atoms with E-state index < -0.39 is 0 Å². The topological polar surface area (TPSA) is 96.8 Å². The van der Waals surface area contributed by atoms with Gasteiger partial charge in [-0.05, 0) is 39.5 Å². The number of likely N-dealkylation sites (tertiary alicyclic amines) is 2. The quantitative estimate of drug-likeness (QED) is 0.686. The summed E-state index contributed by atoms with van der Waals surface area (Å²) in [5.41, 5.74) is 0.560. The number of esters is 1. The first-order valence-electron chi connectivity index (χ1n) is 10.9. The van der Waals surface area contributed by atoms with Gasteiger partial charge >= 0.3 is 5.97 Å². The molecule has 2 amide bonds. The van der Waals surface area contributed by atoms with Crippen LogP contribution in [0.25, 0.3) is 0 Å². The molecule has 1 N–H and O–H groups in total. The summed E-state index contributed by atoms with van der Waals surface area (Å²) in [4.78, 5) is 41.4. The van der Waals surface area contributed by atoms with Crippen LogP contribution < -0.4 is 5.32 Å². The third-order valence-corrected chi connectivity index (χ3v) is 6.09. The van der Waals surface area contributed by atoms with Crippen LogP contribution in [-0.4, -0.2) is 82.2 Å². The molecule has 3 rings (SSSR count). The predicted molar refractivity (Wildman–Crippen MR) is 111 cm³/mol. The van der Waals surface area contributed by atoms with Crippen molar-refractivity contribution in [1.29, 1.82) is 0 Å². The number of rotatable bonds is 6. The lowest BCUT2D eigenvalue weighted by Gasteiger charge is -2.39. The van der Waals surface area contributed by atoms with Crippen molar-refractivity contribution in [3.63, 3.8) is 0 Å². The molecule has 0 spiro atoms. The monoisotopic (exact) mass is 419 g/mol. The molecule has 2 aliphatic heterocycles. The van der Waals surface area contributed by atoms with Crippen molar-refractivity contribution in [2.75, 3.05) is 32.8 Å². The molecule has 2 aliphatic rings. The van der Waals surface area contributed by atoms with Crippen LogP contribution in [0.1, 0.15) is 49.9 Å². The number of piperidine rings is 2. The molecule has 0 saturated carbocycles. The first kappa shape index (κ1) is 22.3. The average Bonchev–Trinajstić information content (AvgIpc) is 3.20. The molecule has 0 bridgehead atoms. The first-order valence-corrected chi connectivity index (χ1v) is 10.9. The highest BCUT2D eigenvalue weighted by Gasteiger charge is 2.34. The molecule has 0 aliphatic carbocycles. The van der Waals surface area contributed by atoms with Crippen LogP contribution in [0.15, 0.2) is 12.4 Å². The normalized spacial score (nSPS) is 21.8. The van der Waals surface area contributed by atoms with Crippen LogP contribution in [-0.2, 0) is 21.4 Å². The number of hydrogen-bond donors (Lipinski definition) is 1. The zero-order chi connectivity index (χ0) is 21.7. The molecule has 9 heteroatoms. The summed E-state index contributed by atoms with van der Waals surface area (Å²) in [5, 5.41) is 7.10. The van der Waals surface area contributed by atoms with Gasteiger partial charge in [0.15, 0.2) is 0 Å². The third-order valence-electron chi connectivity index (χ3n) is 6.09. The van der Waals surface area contributed by atoms with Crippen LogP contribution in [0, 0.1) is 5.92 Å². The summed E-state index contributed by atoms with van der Waals surface area (Å²) in [7, 11) is 1.78. The van der Waals surface area contributed by atoms with Crippen molar-refractivity contribution in [3.8, 4) is 0 Å². The summed E-state index contributed by atoms with van der Waals surface area (Å²) >= 11 is 0. The first-order chi connectivity index (χ1) is 14.4. The number of aryl methyl sites for hydroxylation is 1. The molecule has 0 aromatic carbocycles. The van der Waals surface area contributed by atoms with E-state index in [4.69, 9.17) is 4.74 Å². The molecule has 0 unspecified atom stereocenters. The second-order valence-corrected chi connectivity index (χ2v) is 8.24. The van der Waals surface area contributed by atoms with Gasteiger partial charge in [-0.1, -0.05) is 0 Å². The van der Waals surface area contributed by atoms with Gasteiger partial charge in [0, 0.05) is 45.5 Å². The van der Waals surface area contributed by atoms with Gasteiger partial charge in [-0.15, -0.1) is 0 Å². The van der Waals surface area contributed by atoms with E-state index in [0.717, 1.165) is 38.8 Å². The number of ether oxygens (including phenoxy) is 1. The fourth-order valence-corrected chi connectivity index (χ4v) is 4.29. The van der Waals surface area contributed by atoms with E-state index >= 15 is 0 Å². The standard InChI is InChI=1S/C21H33N5O4/c1-4-30-21(29)16-6-5-9-26(14-16)20(28)15(2)25-10-7-18(8-11-25)23-19(27)17-12-22-24(3)13-17/h12-13,15-16,18H,4-11,14H2,1-3H3,(H,23,27)/t15-,16-/m1/s1. The van der Waals surface area contributed by atoms with Crippen molar-refractivity contribution >= 4 is 17.8 Å². The lowest BCUT2D eigenvalue weighted by atomic mass is 9.97. The molecule has 3 heterocycles. The Labute approximate surface area is 177 Å². The smallest absolute Gasteiger partial charge is 0.310 e. The number of hydrogen-bond acceptors (Lipinski definition) is 6. The molecule has 166 valence electrons. The van der Waals surface area contributed by atoms with Gasteiger partial charge < -0.3 is 15.0 Å². The summed E-state index contributed by atoms with van der Waals surface area (Å²) in [6.45, 7) is 6.74. The van der Waals surface area contributed by atoms with Crippen LogP contribution in [0.4, 0.5) is 0 Å². The van der Waals surface area contributed by atoms with E-state index in [9.17, 15) is 14.4 Å². The van der Waals surface area contributed by atoms with E-state index in [-0.39, 0.29) is 35.8 Å². The average molecular weight is 420 g/mol. The third kappa shape index (κ3) is 5.38. The molecule has 1 aromatic rings. The fourth-order valence-electron chi connectivity index (χ4n) is 4.29. The van der Waals surface area contributed by atoms with Gasteiger partial charge in [-0.3, -0.25) is 24.0 Å². The molecule has 2 fully saturated rings. The van der Waals surface area contributed by atoms with Gasteiger partial charge in [0.1, 0.15) is 0 Å². The van der Waals surface area contributed by atoms with Crippen LogP contribution in [0.5, 0.6) is 0 Å². The Morgan fingerprint density at radius 3 is 2.60 bits per heavy atom. The number of aromatic nitrogens is 2. The molecular formula is C21H33N5O4. The van der Waals surface area contributed by atoms with E-state index in [2.05, 4.69) is 15.3 Å². The van der Waals surface area contributed by atoms with Crippen LogP contribution in [0.2, 0.25) is 0 Å². The summed E-state index contributed by atoms with van der Waals surface area (Å²) in [6, 6.07) is -0.139. The number of carbonyl (C=O) groups excluding carboxylic acids is 3. The Morgan fingerprint density at radius 2 is 1.97 bits per heavy atom. The highest BCUT2D eigenvalue weighted by atomic mass is 16.5. The van der Waals surface area contributed by atoms with Gasteiger partial charge in [0.25, 0.3) is 5.91 Å². The Balaban J connectivity index is 1.47. The minimum Gasteiger partial charge on any atom is -0.466 e. The molecule has 2 saturated heterocycles. The second kappa shape index (κ2) is 10.1. The van der Waals surface area contributed by atoms with E-state index in [1.54, 1.807) is 31.0 Å². The van der Waals surface area contributed by atoms with E-state index in [1.165, 1.54) is 0 Å². The summed E-state index contributed by atoms with van der Waals surface area (Å²) in [6.07, 6.45) is 6.47. The minimum atomic E-state index is -0.235. The van der Waals surface area contributed by atoms with Gasteiger partial charge in [-0.2, -0.15) is 5.10 Å². The molecule has 2 atom stereocenters. The SMILES string of the molecule is CCOC(=O)[C@@H]1CCCN(C(=O)[C@@H](C)N2CCC(NC(=O)c3cnn(C)c3)CC2)C1. The van der Waals surface area contributed by atoms with Gasteiger partial charge in [0.05, 0.1) is 30.3 Å². The van der Waals surface area contributed by atoms with E-state index in [0.29, 0.717) is 25.3 Å². The van der Waals surface area contributed by atoms with Crippen LogP contribution in [0.3, 0.4) is 0 Å². The predicted octanol–water partition coefficient (Wildman–Crippen LogP) is 0.805. The fraction of sp³-hybridized carbons (Fsp3) is 0.714. The zero-order valence-corrected chi connectivity index (χ0v) is 18.2. The second-order valence-electron chi connectivity index (χ2n) is 8.24. The largest absolute Gasteiger partial charge is 0.466 e. The highest BCUT2D eigenvalue weighted by molar-refractivity contribution is 5.93. The zero-order valence-electron chi connectivity index (χ0n) is 18.2. The Kier molecular flexibility index (Phi) is 7.47. The maximum absolute atomic E-state index is 13.0. The van der Waals surface area contributed by atoms with E-state index in [1.807, 2.05) is 11.8 Å². The lowest BCUT2D eigenvalue weighted by Crippen LogP contribution is -2.54. The number of nitrogens with zero attached hydrogens (tertiary/aromatic N) is 4. The molecule has 1 aromatic heterocycles. The summed E-state index contributed by atoms with van der Waals surface area (Å²) in [5.74, 6) is -0.457. The molecule has 30 heavy (non-hydrogen) atoms. The van der Waals surface area contributed by atoms with Crippen molar-refractivity contribution in [1.82, 2.24) is 24.9 Å². The van der Waals surface area contributed by atoms with Crippen molar-refractivity contribution in [2.24, 2.45) is 13.0 Å². The van der Waals surface area contributed by atoms with Crippen molar-refractivity contribution in [3.05, 3.63) is 18.0 Å². The highest BCUT2D eigenvalue weighted by Crippen LogP contribution is 2.21. The number of nitrogens with one attached hydrogen (secondary N) is 1. The maximum Gasteiger partial charge on any atom is 0.310 e. The van der Waals surface area contributed by atoms with Crippen molar-refractivity contribution in [2.45, 2.75) is 51.6 Å². The van der Waals surface area contributed by atoms with Crippen LogP contribution >= 0.6 is 0 Å². The molecular weight excluding hydrogens is 386 g/mol. The maximum atomic E-state index is 13.0. The minimum absolute atomic E-state index is 0.0712. The molecule has 0 radical (unpaired) electrons. The summed E-state index contributed by atoms with van der Waals surface area (Å²) < 4.78 is 6.74. The Bertz CT molecular complexity index is 756. The van der Waals surface area contributed by atoms with Crippen molar-refractivity contribution < 1.29 is 19.1 Å². The molecule has 9 nitrogen and oxygen atoms in total. The Morgan fingerprint density at radius 1 is 1.23 bits per heavy atom. The number of amides is 2. The van der Waals surface area contributed by atoms with Gasteiger partial charge in [-0.25, -0.2) is 0 Å². The number of carbonyl (C=O) groups is 3. The Hall–Kier alpha value is -2.42. The lowest BCUT2D eigenvalue weighted by molar-refractivity contribution is -0.152. The van der Waals surface area contributed by atoms with Gasteiger partial charge in [0.2, 0.25) is 5.91 Å².